The Kier molecular flexibility index (Phi) is 6.48. The molecule has 1 unspecified atom stereocenters. The molecule has 1 rings (SSSR count). The molecule has 1 atom stereocenters. The lowest BCUT2D eigenvalue weighted by Gasteiger charge is -2.27. The van der Waals surface area contributed by atoms with Gasteiger partial charge < -0.3 is 20.7 Å². The van der Waals surface area contributed by atoms with E-state index in [1.165, 1.54) is 7.11 Å². The van der Waals surface area contributed by atoms with Crippen LogP contribution in [0.5, 0.6) is 0 Å². The van der Waals surface area contributed by atoms with Gasteiger partial charge in [-0.2, -0.15) is 0 Å². The van der Waals surface area contributed by atoms with Crippen LogP contribution in [0.2, 0.25) is 0 Å². The average molecular weight is 279 g/mol. The minimum Gasteiger partial charge on any atom is -0.383 e. The first kappa shape index (κ1) is 16.5. The zero-order valence-corrected chi connectivity index (χ0v) is 12.7. The van der Waals surface area contributed by atoms with Crippen molar-refractivity contribution < 1.29 is 9.53 Å². The molecule has 0 aliphatic carbocycles. The van der Waals surface area contributed by atoms with Crippen molar-refractivity contribution in [3.05, 3.63) is 24.3 Å². The Morgan fingerprint density at radius 1 is 1.35 bits per heavy atom. The highest BCUT2D eigenvalue weighted by Crippen LogP contribution is 2.19. The van der Waals surface area contributed by atoms with Crippen molar-refractivity contribution in [1.29, 1.82) is 0 Å². The number of methoxy groups -OCH3 is 1. The van der Waals surface area contributed by atoms with Gasteiger partial charge in [0, 0.05) is 31.1 Å². The molecule has 3 N–H and O–H groups in total. The van der Waals surface area contributed by atoms with Crippen molar-refractivity contribution in [2.24, 2.45) is 5.73 Å². The van der Waals surface area contributed by atoms with Gasteiger partial charge in [-0.3, -0.25) is 4.79 Å². The molecular formula is C15H25N3O2. The van der Waals surface area contributed by atoms with Crippen LogP contribution in [-0.2, 0) is 9.53 Å². The number of benzene rings is 1. The number of rotatable bonds is 7. The SMILES string of the molecule is CCN(c1ccc(NC(=O)C(N)COC)cc1)C(C)C. The summed E-state index contributed by atoms with van der Waals surface area (Å²) in [7, 11) is 1.52. The van der Waals surface area contributed by atoms with Gasteiger partial charge in [-0.25, -0.2) is 0 Å². The molecule has 20 heavy (non-hydrogen) atoms. The predicted molar refractivity (Wildman–Crippen MR) is 83.1 cm³/mol. The maximum atomic E-state index is 11.8. The number of carbonyl (C=O) groups is 1. The van der Waals surface area contributed by atoms with Gasteiger partial charge in [0.1, 0.15) is 6.04 Å². The van der Waals surface area contributed by atoms with E-state index in [4.69, 9.17) is 10.5 Å². The van der Waals surface area contributed by atoms with E-state index in [0.29, 0.717) is 6.04 Å². The quantitative estimate of drug-likeness (QED) is 0.799. The molecule has 1 aromatic carbocycles. The van der Waals surface area contributed by atoms with Crippen molar-refractivity contribution in [2.75, 3.05) is 30.5 Å². The molecule has 0 aliphatic heterocycles. The number of ether oxygens (including phenoxy) is 1. The number of amides is 1. The molecule has 1 amide bonds. The molecule has 0 saturated carbocycles. The average Bonchev–Trinajstić information content (AvgIpc) is 2.41. The first-order valence-corrected chi connectivity index (χ1v) is 6.91. The van der Waals surface area contributed by atoms with Crippen LogP contribution < -0.4 is 16.0 Å². The summed E-state index contributed by atoms with van der Waals surface area (Å²) in [6.07, 6.45) is 0. The number of hydrogen-bond donors (Lipinski definition) is 2. The van der Waals surface area contributed by atoms with E-state index in [-0.39, 0.29) is 12.5 Å². The minimum atomic E-state index is -0.650. The Balaban J connectivity index is 2.69. The van der Waals surface area contributed by atoms with Crippen molar-refractivity contribution in [2.45, 2.75) is 32.9 Å². The molecular weight excluding hydrogens is 254 g/mol. The highest BCUT2D eigenvalue weighted by Gasteiger charge is 2.13. The maximum Gasteiger partial charge on any atom is 0.243 e. The summed E-state index contributed by atoms with van der Waals surface area (Å²) in [4.78, 5) is 14.0. The molecule has 5 heteroatoms. The van der Waals surface area contributed by atoms with Crippen LogP contribution >= 0.6 is 0 Å². The highest BCUT2D eigenvalue weighted by atomic mass is 16.5. The molecule has 0 bridgehead atoms. The fourth-order valence-corrected chi connectivity index (χ4v) is 2.07. The molecule has 0 aromatic heterocycles. The molecule has 0 saturated heterocycles. The summed E-state index contributed by atoms with van der Waals surface area (Å²) < 4.78 is 4.86. The lowest BCUT2D eigenvalue weighted by molar-refractivity contribution is -0.118. The highest BCUT2D eigenvalue weighted by molar-refractivity contribution is 5.94. The smallest absolute Gasteiger partial charge is 0.243 e. The van der Waals surface area contributed by atoms with Crippen LogP contribution in [0.4, 0.5) is 11.4 Å². The van der Waals surface area contributed by atoms with Gasteiger partial charge in [0.15, 0.2) is 0 Å². The Morgan fingerprint density at radius 3 is 2.40 bits per heavy atom. The van der Waals surface area contributed by atoms with Gasteiger partial charge in [0.25, 0.3) is 0 Å². The fraction of sp³-hybridized carbons (Fsp3) is 0.533. The Labute approximate surface area is 121 Å². The van der Waals surface area contributed by atoms with Crippen LogP contribution in [0.25, 0.3) is 0 Å². The molecule has 0 aliphatic rings. The number of nitrogens with zero attached hydrogens (tertiary/aromatic N) is 1. The van der Waals surface area contributed by atoms with Crippen LogP contribution in [0.1, 0.15) is 20.8 Å². The van der Waals surface area contributed by atoms with Crippen molar-refractivity contribution >= 4 is 17.3 Å². The summed E-state index contributed by atoms with van der Waals surface area (Å²) in [5.41, 5.74) is 7.55. The third-order valence-electron chi connectivity index (χ3n) is 3.11. The van der Waals surface area contributed by atoms with Crippen LogP contribution in [0, 0.1) is 0 Å². The van der Waals surface area contributed by atoms with Gasteiger partial charge in [0.2, 0.25) is 5.91 Å². The largest absolute Gasteiger partial charge is 0.383 e. The first-order valence-electron chi connectivity index (χ1n) is 6.91. The summed E-state index contributed by atoms with van der Waals surface area (Å²) >= 11 is 0. The van der Waals surface area contributed by atoms with E-state index in [1.54, 1.807) is 0 Å². The molecule has 5 nitrogen and oxygen atoms in total. The van der Waals surface area contributed by atoms with Crippen LogP contribution in [0.3, 0.4) is 0 Å². The van der Waals surface area contributed by atoms with E-state index in [2.05, 4.69) is 31.0 Å². The zero-order chi connectivity index (χ0) is 15.1. The normalized spacial score (nSPS) is 12.3. The van der Waals surface area contributed by atoms with Crippen molar-refractivity contribution in [3.8, 4) is 0 Å². The predicted octanol–water partition coefficient (Wildman–Crippen LogP) is 1.83. The molecule has 0 spiro atoms. The third kappa shape index (κ3) is 4.51. The topological polar surface area (TPSA) is 67.6 Å². The number of hydrogen-bond acceptors (Lipinski definition) is 4. The van der Waals surface area contributed by atoms with Gasteiger partial charge in [-0.05, 0) is 45.0 Å². The third-order valence-corrected chi connectivity index (χ3v) is 3.11. The van der Waals surface area contributed by atoms with Crippen LogP contribution in [0.15, 0.2) is 24.3 Å². The minimum absolute atomic E-state index is 0.209. The maximum absolute atomic E-state index is 11.8. The summed E-state index contributed by atoms with van der Waals surface area (Å²) in [6, 6.07) is 7.57. The summed E-state index contributed by atoms with van der Waals surface area (Å²) in [5.74, 6) is -0.240. The monoisotopic (exact) mass is 279 g/mol. The first-order chi connectivity index (χ1) is 9.49. The number of nitrogens with one attached hydrogen (secondary N) is 1. The summed E-state index contributed by atoms with van der Waals surface area (Å²) in [6.45, 7) is 7.59. The Morgan fingerprint density at radius 2 is 1.95 bits per heavy atom. The van der Waals surface area contributed by atoms with E-state index in [9.17, 15) is 4.79 Å². The van der Waals surface area contributed by atoms with Gasteiger partial charge >= 0.3 is 0 Å². The van der Waals surface area contributed by atoms with Crippen molar-refractivity contribution in [3.63, 3.8) is 0 Å². The fourth-order valence-electron chi connectivity index (χ4n) is 2.07. The van der Waals surface area contributed by atoms with Crippen LogP contribution in [-0.4, -0.2) is 38.3 Å². The van der Waals surface area contributed by atoms with E-state index < -0.39 is 6.04 Å². The van der Waals surface area contributed by atoms with Gasteiger partial charge in [-0.15, -0.1) is 0 Å². The second-order valence-electron chi connectivity index (χ2n) is 4.98. The molecule has 0 radical (unpaired) electrons. The lowest BCUT2D eigenvalue weighted by Crippen LogP contribution is -2.39. The van der Waals surface area contributed by atoms with Crippen molar-refractivity contribution in [1.82, 2.24) is 0 Å². The molecule has 0 fully saturated rings. The summed E-state index contributed by atoms with van der Waals surface area (Å²) in [5, 5.41) is 2.78. The van der Waals surface area contributed by atoms with Gasteiger partial charge in [0.05, 0.1) is 6.61 Å². The molecule has 112 valence electrons. The number of anilines is 2. The Hall–Kier alpha value is -1.59. The standard InChI is InChI=1S/C15H25N3O2/c1-5-18(11(2)3)13-8-6-12(7-9-13)17-15(19)14(16)10-20-4/h6-9,11,14H,5,10,16H2,1-4H3,(H,17,19). The Bertz CT molecular complexity index is 418. The molecule has 0 heterocycles. The number of carbonyl (C=O) groups excluding carboxylic acids is 1. The van der Waals surface area contributed by atoms with Gasteiger partial charge in [-0.1, -0.05) is 0 Å². The van der Waals surface area contributed by atoms with E-state index in [0.717, 1.165) is 17.9 Å². The van der Waals surface area contributed by atoms with E-state index in [1.807, 2.05) is 24.3 Å². The second kappa shape index (κ2) is 7.87. The zero-order valence-electron chi connectivity index (χ0n) is 12.7. The number of nitrogens with two attached hydrogens (primary N) is 1. The molecule has 1 aromatic rings. The lowest BCUT2D eigenvalue weighted by atomic mass is 10.2. The van der Waals surface area contributed by atoms with E-state index >= 15 is 0 Å². The second-order valence-corrected chi connectivity index (χ2v) is 4.98.